The van der Waals surface area contributed by atoms with Crippen LogP contribution >= 0.6 is 11.6 Å². The molecular formula is C14H17ClN4O5. The van der Waals surface area contributed by atoms with Gasteiger partial charge in [0.15, 0.2) is 0 Å². The lowest BCUT2D eigenvalue weighted by Gasteiger charge is -2.37. The summed E-state index contributed by atoms with van der Waals surface area (Å²) >= 11 is 5.80. The number of halogens is 1. The van der Waals surface area contributed by atoms with E-state index in [1.807, 2.05) is 0 Å². The van der Waals surface area contributed by atoms with Gasteiger partial charge in [-0.05, 0) is 31.4 Å². The lowest BCUT2D eigenvalue weighted by molar-refractivity contribution is -0.384. The molecule has 0 saturated heterocycles. The first kappa shape index (κ1) is 18.1. The standard InChI is InChI=1S/C14H17ClN4O5/c1-8(13(21)24-2)18(9-3-5-10(20)6-4-9)12-11(19(22)23)7-16-14(15)17-12/h7-9H,3-6H2,1-2H3/t8-/m1/s1. The number of anilines is 1. The SMILES string of the molecule is COC(=O)[C@@H](C)N(c1nc(Cl)ncc1[N+](=O)[O-])C1CCC(=O)CC1. The minimum atomic E-state index is -0.821. The summed E-state index contributed by atoms with van der Waals surface area (Å²) in [5.41, 5.74) is -0.355. The Morgan fingerprint density at radius 1 is 1.50 bits per heavy atom. The molecule has 0 unspecified atom stereocenters. The topological polar surface area (TPSA) is 116 Å². The molecule has 0 N–H and O–H groups in total. The Labute approximate surface area is 143 Å². The summed E-state index contributed by atoms with van der Waals surface area (Å²) in [6.45, 7) is 1.57. The number of Topliss-reactive ketones (excluding diaryl/α,β-unsaturated/α-hetero) is 1. The summed E-state index contributed by atoms with van der Waals surface area (Å²) in [5, 5.41) is 11.2. The van der Waals surface area contributed by atoms with Crippen LogP contribution in [0.2, 0.25) is 5.28 Å². The summed E-state index contributed by atoms with van der Waals surface area (Å²) in [7, 11) is 1.24. The van der Waals surface area contributed by atoms with Crippen molar-refractivity contribution in [3.63, 3.8) is 0 Å². The lowest BCUT2D eigenvalue weighted by Crippen LogP contribution is -2.48. The minimum Gasteiger partial charge on any atom is -0.467 e. The number of hydrogen-bond donors (Lipinski definition) is 0. The second kappa shape index (κ2) is 7.52. The molecule has 130 valence electrons. The molecule has 24 heavy (non-hydrogen) atoms. The Hall–Kier alpha value is -2.29. The van der Waals surface area contributed by atoms with E-state index in [9.17, 15) is 19.7 Å². The highest BCUT2D eigenvalue weighted by molar-refractivity contribution is 6.28. The summed E-state index contributed by atoms with van der Waals surface area (Å²) < 4.78 is 4.76. The van der Waals surface area contributed by atoms with Crippen LogP contribution in [-0.4, -0.2) is 45.8 Å². The molecule has 1 heterocycles. The summed E-state index contributed by atoms with van der Waals surface area (Å²) in [5.74, 6) is -0.472. The maximum atomic E-state index is 12.0. The molecule has 1 fully saturated rings. The van der Waals surface area contributed by atoms with E-state index in [2.05, 4.69) is 9.97 Å². The van der Waals surface area contributed by atoms with Gasteiger partial charge in [0.25, 0.3) is 0 Å². The smallest absolute Gasteiger partial charge is 0.329 e. The minimum absolute atomic E-state index is 0.0442. The fourth-order valence-electron chi connectivity index (χ4n) is 2.82. The van der Waals surface area contributed by atoms with Crippen LogP contribution in [-0.2, 0) is 14.3 Å². The van der Waals surface area contributed by atoms with Gasteiger partial charge in [0.1, 0.15) is 18.0 Å². The molecule has 1 atom stereocenters. The number of rotatable bonds is 5. The number of nitrogens with zero attached hydrogens (tertiary/aromatic N) is 4. The predicted octanol–water partition coefficient (Wildman–Crippen LogP) is 1.92. The van der Waals surface area contributed by atoms with E-state index in [0.29, 0.717) is 25.7 Å². The highest BCUT2D eigenvalue weighted by Crippen LogP contribution is 2.33. The van der Waals surface area contributed by atoms with Crippen LogP contribution in [0.1, 0.15) is 32.6 Å². The van der Waals surface area contributed by atoms with Gasteiger partial charge in [-0.15, -0.1) is 0 Å². The van der Waals surface area contributed by atoms with Crippen LogP contribution in [0.5, 0.6) is 0 Å². The molecule has 9 nitrogen and oxygen atoms in total. The molecule has 1 aliphatic carbocycles. The van der Waals surface area contributed by atoms with Crippen molar-refractivity contribution in [1.82, 2.24) is 9.97 Å². The molecule has 1 aliphatic rings. The average Bonchev–Trinajstić information content (AvgIpc) is 2.55. The summed E-state index contributed by atoms with van der Waals surface area (Å²) in [6.07, 6.45) is 2.65. The van der Waals surface area contributed by atoms with Crippen LogP contribution in [0.25, 0.3) is 0 Å². The normalized spacial score (nSPS) is 16.5. The number of methoxy groups -OCH3 is 1. The van der Waals surface area contributed by atoms with Gasteiger partial charge >= 0.3 is 11.7 Å². The molecule has 1 saturated carbocycles. The third-order valence-corrected chi connectivity index (χ3v) is 4.21. The maximum absolute atomic E-state index is 12.0. The van der Waals surface area contributed by atoms with Crippen molar-refractivity contribution >= 4 is 34.9 Å². The molecule has 2 rings (SSSR count). The molecule has 0 radical (unpaired) electrons. The third kappa shape index (κ3) is 3.78. The Bertz CT molecular complexity index is 659. The monoisotopic (exact) mass is 356 g/mol. The van der Waals surface area contributed by atoms with E-state index in [1.54, 1.807) is 6.92 Å². The number of carbonyl (C=O) groups is 2. The Balaban J connectivity index is 2.49. The molecule has 0 spiro atoms. The number of nitro groups is 1. The van der Waals surface area contributed by atoms with E-state index in [1.165, 1.54) is 12.0 Å². The second-order valence-electron chi connectivity index (χ2n) is 5.48. The van der Waals surface area contributed by atoms with Crippen molar-refractivity contribution in [2.45, 2.75) is 44.7 Å². The number of hydrogen-bond acceptors (Lipinski definition) is 8. The molecule has 0 aromatic carbocycles. The van der Waals surface area contributed by atoms with Crippen LogP contribution in [0.3, 0.4) is 0 Å². The zero-order chi connectivity index (χ0) is 17.9. The molecule has 1 aromatic rings. The van der Waals surface area contributed by atoms with Crippen molar-refractivity contribution in [3.05, 3.63) is 21.6 Å². The highest BCUT2D eigenvalue weighted by Gasteiger charge is 2.36. The number of esters is 1. The van der Waals surface area contributed by atoms with Crippen LogP contribution in [0.15, 0.2) is 6.20 Å². The summed E-state index contributed by atoms with van der Waals surface area (Å²) in [4.78, 5) is 43.3. The fourth-order valence-corrected chi connectivity index (χ4v) is 2.95. The van der Waals surface area contributed by atoms with Crippen molar-refractivity contribution in [1.29, 1.82) is 0 Å². The molecule has 0 bridgehead atoms. The molecule has 10 heteroatoms. The fraction of sp³-hybridized carbons (Fsp3) is 0.571. The zero-order valence-electron chi connectivity index (χ0n) is 13.3. The van der Waals surface area contributed by atoms with Crippen molar-refractivity contribution in [2.75, 3.05) is 12.0 Å². The first-order chi connectivity index (χ1) is 11.3. The molecule has 1 aromatic heterocycles. The van der Waals surface area contributed by atoms with Gasteiger partial charge in [-0.25, -0.2) is 9.78 Å². The predicted molar refractivity (Wildman–Crippen MR) is 84.9 cm³/mol. The number of ketones is 1. The van der Waals surface area contributed by atoms with Crippen molar-refractivity contribution < 1.29 is 19.2 Å². The second-order valence-corrected chi connectivity index (χ2v) is 5.82. The van der Waals surface area contributed by atoms with E-state index in [4.69, 9.17) is 16.3 Å². The van der Waals surface area contributed by atoms with Gasteiger partial charge in [0, 0.05) is 18.9 Å². The van der Waals surface area contributed by atoms with Crippen molar-refractivity contribution in [3.8, 4) is 0 Å². The van der Waals surface area contributed by atoms with Gasteiger partial charge in [0.2, 0.25) is 11.1 Å². The van der Waals surface area contributed by atoms with Crippen molar-refractivity contribution in [2.24, 2.45) is 0 Å². The van der Waals surface area contributed by atoms with Gasteiger partial charge in [0.05, 0.1) is 12.0 Å². The van der Waals surface area contributed by atoms with E-state index >= 15 is 0 Å². The van der Waals surface area contributed by atoms with E-state index in [0.717, 1.165) is 6.20 Å². The van der Waals surface area contributed by atoms with Gasteiger partial charge in [-0.2, -0.15) is 4.98 Å². The quantitative estimate of drug-likeness (QED) is 0.340. The molecule has 0 aliphatic heterocycles. The van der Waals surface area contributed by atoms with Crippen LogP contribution < -0.4 is 4.90 Å². The van der Waals surface area contributed by atoms with E-state index < -0.39 is 16.9 Å². The van der Waals surface area contributed by atoms with Crippen LogP contribution in [0, 0.1) is 10.1 Å². The number of ether oxygens (including phenoxy) is 1. The number of aromatic nitrogens is 2. The zero-order valence-corrected chi connectivity index (χ0v) is 14.0. The van der Waals surface area contributed by atoms with Gasteiger partial charge in [-0.1, -0.05) is 0 Å². The first-order valence-electron chi connectivity index (χ1n) is 7.40. The Kier molecular flexibility index (Phi) is 5.66. The van der Waals surface area contributed by atoms with Gasteiger partial charge in [-0.3, -0.25) is 14.9 Å². The lowest BCUT2D eigenvalue weighted by atomic mass is 9.92. The largest absolute Gasteiger partial charge is 0.467 e. The maximum Gasteiger partial charge on any atom is 0.329 e. The third-order valence-electron chi connectivity index (χ3n) is 4.03. The number of carbonyl (C=O) groups excluding carboxylic acids is 2. The van der Waals surface area contributed by atoms with E-state index in [-0.39, 0.29) is 28.6 Å². The average molecular weight is 357 g/mol. The molecule has 0 amide bonds. The van der Waals surface area contributed by atoms with Gasteiger partial charge < -0.3 is 9.64 Å². The first-order valence-corrected chi connectivity index (χ1v) is 7.77. The Morgan fingerprint density at radius 3 is 2.67 bits per heavy atom. The highest BCUT2D eigenvalue weighted by atomic mass is 35.5. The Morgan fingerprint density at radius 2 is 2.12 bits per heavy atom. The summed E-state index contributed by atoms with van der Waals surface area (Å²) in [6, 6.07) is -1.08. The molecular weight excluding hydrogens is 340 g/mol. The van der Waals surface area contributed by atoms with Crippen LogP contribution in [0.4, 0.5) is 11.5 Å².